The molecule has 0 bridgehead atoms. The minimum atomic E-state index is -1.18. The van der Waals surface area contributed by atoms with Gasteiger partial charge in [-0.15, -0.1) is 0 Å². The molecule has 1 unspecified atom stereocenters. The minimum Gasteiger partial charge on any atom is -0.466 e. The highest BCUT2D eigenvalue weighted by molar-refractivity contribution is 5.79. The first kappa shape index (κ1) is 18.0. The number of hydrogen-bond acceptors (Lipinski definition) is 3. The fourth-order valence-corrected chi connectivity index (χ4v) is 2.30. The smallest absolute Gasteiger partial charge is 0.194 e. The predicted molar refractivity (Wildman–Crippen MR) is 92.1 cm³/mol. The Balaban J connectivity index is 2.08. The lowest BCUT2D eigenvalue weighted by atomic mass is 10.0. The summed E-state index contributed by atoms with van der Waals surface area (Å²) in [5.74, 6) is 0.883. The molecule has 130 valence electrons. The molecule has 0 aliphatic carbocycles. The molecule has 0 saturated heterocycles. The van der Waals surface area contributed by atoms with Crippen LogP contribution in [0.15, 0.2) is 52.1 Å². The van der Waals surface area contributed by atoms with Gasteiger partial charge in [-0.2, -0.15) is 0 Å². The van der Waals surface area contributed by atoms with Crippen molar-refractivity contribution in [2.75, 3.05) is 20.1 Å². The van der Waals surface area contributed by atoms with E-state index in [1.165, 1.54) is 18.4 Å². The standard InChI is InChI=1S/C18H24FN3O2/c1-4-20-17(21-13-18(2,23)16-6-5-11-24-16)22(3)12-14-7-9-15(19)10-8-14/h5-11,23H,4,12-13H2,1-3H3,(H,20,21). The quantitative estimate of drug-likeness (QED) is 0.630. The lowest BCUT2D eigenvalue weighted by Gasteiger charge is -2.24. The maximum absolute atomic E-state index is 13.0. The Morgan fingerprint density at radius 1 is 1.33 bits per heavy atom. The maximum atomic E-state index is 13.0. The zero-order valence-corrected chi connectivity index (χ0v) is 14.3. The van der Waals surface area contributed by atoms with E-state index < -0.39 is 5.60 Å². The first-order valence-electron chi connectivity index (χ1n) is 7.92. The van der Waals surface area contributed by atoms with Crippen LogP contribution < -0.4 is 5.32 Å². The molecule has 2 aromatic rings. The van der Waals surface area contributed by atoms with Gasteiger partial charge in [0, 0.05) is 20.1 Å². The van der Waals surface area contributed by atoms with E-state index in [4.69, 9.17) is 4.42 Å². The van der Waals surface area contributed by atoms with Gasteiger partial charge < -0.3 is 19.7 Å². The van der Waals surface area contributed by atoms with Crippen LogP contribution in [0.5, 0.6) is 0 Å². The molecule has 6 heteroatoms. The number of nitrogens with one attached hydrogen (secondary N) is 1. The van der Waals surface area contributed by atoms with Crippen LogP contribution in [0, 0.1) is 5.82 Å². The van der Waals surface area contributed by atoms with Crippen molar-refractivity contribution in [2.24, 2.45) is 4.99 Å². The molecule has 1 aromatic heterocycles. The fourth-order valence-electron chi connectivity index (χ4n) is 2.30. The van der Waals surface area contributed by atoms with E-state index in [0.717, 1.165) is 5.56 Å². The van der Waals surface area contributed by atoms with E-state index in [1.54, 1.807) is 31.2 Å². The van der Waals surface area contributed by atoms with E-state index in [0.29, 0.717) is 24.8 Å². The van der Waals surface area contributed by atoms with Gasteiger partial charge in [-0.1, -0.05) is 12.1 Å². The molecule has 5 nitrogen and oxygen atoms in total. The molecule has 1 aromatic carbocycles. The second kappa shape index (κ2) is 7.97. The van der Waals surface area contributed by atoms with Gasteiger partial charge in [0.1, 0.15) is 17.2 Å². The van der Waals surface area contributed by atoms with Gasteiger partial charge in [0.25, 0.3) is 0 Å². The van der Waals surface area contributed by atoms with Crippen LogP contribution in [0.1, 0.15) is 25.2 Å². The molecule has 0 amide bonds. The number of aliphatic hydroxyl groups is 1. The Morgan fingerprint density at radius 2 is 2.04 bits per heavy atom. The van der Waals surface area contributed by atoms with E-state index >= 15 is 0 Å². The van der Waals surface area contributed by atoms with Crippen molar-refractivity contribution in [3.8, 4) is 0 Å². The molecule has 0 radical (unpaired) electrons. The first-order chi connectivity index (χ1) is 11.4. The van der Waals surface area contributed by atoms with Gasteiger partial charge in [0.15, 0.2) is 5.96 Å². The highest BCUT2D eigenvalue weighted by atomic mass is 19.1. The van der Waals surface area contributed by atoms with Gasteiger partial charge >= 0.3 is 0 Å². The van der Waals surface area contributed by atoms with Crippen LogP contribution in [-0.4, -0.2) is 36.1 Å². The molecule has 0 aliphatic rings. The molecule has 0 fully saturated rings. The van der Waals surface area contributed by atoms with Gasteiger partial charge in [-0.05, 0) is 43.7 Å². The molecular weight excluding hydrogens is 309 g/mol. The summed E-state index contributed by atoms with van der Waals surface area (Å²) < 4.78 is 18.3. The summed E-state index contributed by atoms with van der Waals surface area (Å²) >= 11 is 0. The Labute approximate surface area is 141 Å². The maximum Gasteiger partial charge on any atom is 0.194 e. The molecule has 2 rings (SSSR count). The number of benzene rings is 1. The number of guanidine groups is 1. The van der Waals surface area contributed by atoms with E-state index in [-0.39, 0.29) is 12.4 Å². The summed E-state index contributed by atoms with van der Waals surface area (Å²) in [4.78, 5) is 6.43. The van der Waals surface area contributed by atoms with Gasteiger partial charge in [0.2, 0.25) is 0 Å². The highest BCUT2D eigenvalue weighted by Crippen LogP contribution is 2.21. The highest BCUT2D eigenvalue weighted by Gasteiger charge is 2.26. The monoisotopic (exact) mass is 333 g/mol. The van der Waals surface area contributed by atoms with Crippen LogP contribution in [0.25, 0.3) is 0 Å². The van der Waals surface area contributed by atoms with E-state index in [2.05, 4.69) is 10.3 Å². The van der Waals surface area contributed by atoms with Crippen molar-refractivity contribution in [3.63, 3.8) is 0 Å². The number of aliphatic imine (C=N–C) groups is 1. The second-order valence-electron chi connectivity index (χ2n) is 5.90. The van der Waals surface area contributed by atoms with Gasteiger partial charge in [0.05, 0.1) is 12.8 Å². The summed E-state index contributed by atoms with van der Waals surface area (Å²) in [6, 6.07) is 9.83. The third kappa shape index (κ3) is 4.83. The molecule has 24 heavy (non-hydrogen) atoms. The fraction of sp³-hybridized carbons (Fsp3) is 0.389. The lowest BCUT2D eigenvalue weighted by Crippen LogP contribution is -2.39. The number of halogens is 1. The van der Waals surface area contributed by atoms with E-state index in [1.807, 2.05) is 18.9 Å². The minimum absolute atomic E-state index is 0.163. The first-order valence-corrected chi connectivity index (χ1v) is 7.92. The Morgan fingerprint density at radius 3 is 2.62 bits per heavy atom. The largest absolute Gasteiger partial charge is 0.466 e. The van der Waals surface area contributed by atoms with Gasteiger partial charge in [-0.25, -0.2) is 9.38 Å². The van der Waals surface area contributed by atoms with Crippen molar-refractivity contribution in [1.29, 1.82) is 0 Å². The molecule has 0 saturated carbocycles. The van der Waals surface area contributed by atoms with Crippen LogP contribution in [0.2, 0.25) is 0 Å². The molecule has 0 spiro atoms. The normalized spacial score (nSPS) is 14.3. The second-order valence-corrected chi connectivity index (χ2v) is 5.90. The zero-order valence-electron chi connectivity index (χ0n) is 14.3. The molecule has 2 N–H and O–H groups in total. The number of rotatable bonds is 6. The Hall–Kier alpha value is -2.34. The van der Waals surface area contributed by atoms with Crippen LogP contribution in [0.4, 0.5) is 4.39 Å². The summed E-state index contributed by atoms with van der Waals surface area (Å²) in [6.07, 6.45) is 1.53. The summed E-state index contributed by atoms with van der Waals surface area (Å²) in [5, 5.41) is 13.7. The van der Waals surface area contributed by atoms with Crippen LogP contribution in [-0.2, 0) is 12.1 Å². The summed E-state index contributed by atoms with van der Waals surface area (Å²) in [6.45, 7) is 5.09. The van der Waals surface area contributed by atoms with Crippen LogP contribution >= 0.6 is 0 Å². The molecule has 1 heterocycles. The van der Waals surface area contributed by atoms with Crippen molar-refractivity contribution < 1.29 is 13.9 Å². The van der Waals surface area contributed by atoms with Crippen LogP contribution in [0.3, 0.4) is 0 Å². The summed E-state index contributed by atoms with van der Waals surface area (Å²) in [5.41, 5.74) is -0.205. The van der Waals surface area contributed by atoms with Gasteiger partial charge in [-0.3, -0.25) is 0 Å². The SMILES string of the molecule is CCNC(=NCC(C)(O)c1ccco1)N(C)Cc1ccc(F)cc1. The summed E-state index contributed by atoms with van der Waals surface area (Å²) in [7, 11) is 1.90. The molecule has 0 aliphatic heterocycles. The third-order valence-electron chi connectivity index (χ3n) is 3.62. The topological polar surface area (TPSA) is 61.0 Å². The number of nitrogens with zero attached hydrogens (tertiary/aromatic N) is 2. The average molecular weight is 333 g/mol. The third-order valence-corrected chi connectivity index (χ3v) is 3.62. The van der Waals surface area contributed by atoms with Crippen molar-refractivity contribution in [3.05, 3.63) is 59.8 Å². The number of furan rings is 1. The predicted octanol–water partition coefficient (Wildman–Crippen LogP) is 2.72. The molecular formula is C18H24FN3O2. The van der Waals surface area contributed by atoms with Crippen molar-refractivity contribution >= 4 is 5.96 Å². The molecule has 1 atom stereocenters. The Kier molecular flexibility index (Phi) is 5.98. The average Bonchev–Trinajstić information content (AvgIpc) is 3.09. The number of hydrogen-bond donors (Lipinski definition) is 2. The van der Waals surface area contributed by atoms with Crippen molar-refractivity contribution in [1.82, 2.24) is 10.2 Å². The zero-order chi connectivity index (χ0) is 17.6. The van der Waals surface area contributed by atoms with E-state index in [9.17, 15) is 9.50 Å². The van der Waals surface area contributed by atoms with Crippen molar-refractivity contribution in [2.45, 2.75) is 26.0 Å². The Bertz CT molecular complexity index is 651. The lowest BCUT2D eigenvalue weighted by molar-refractivity contribution is 0.0435.